The Hall–Kier alpha value is -4.01. The fraction of sp³-hybridized carbons (Fsp3) is 0.423. The fourth-order valence-electron chi connectivity index (χ4n) is 3.91. The zero-order chi connectivity index (χ0) is 29.9. The molecule has 1 saturated heterocycles. The number of aryl methyl sites for hydroxylation is 1. The second-order valence-corrected chi connectivity index (χ2v) is 11.0. The number of likely N-dealkylation sites (tertiary alicyclic amines) is 1. The Balaban J connectivity index is 1.40. The van der Waals surface area contributed by atoms with E-state index in [1.54, 1.807) is 32.6 Å². The van der Waals surface area contributed by atoms with E-state index >= 15 is 0 Å². The zero-order valence-electron chi connectivity index (χ0n) is 22.6. The molecule has 220 valence electrons. The summed E-state index contributed by atoms with van der Waals surface area (Å²) in [6, 6.07) is 3.89. The fourth-order valence-corrected chi connectivity index (χ4v) is 4.71. The Morgan fingerprint density at radius 3 is 2.41 bits per heavy atom. The van der Waals surface area contributed by atoms with E-state index in [1.807, 2.05) is 0 Å². The lowest BCUT2D eigenvalue weighted by atomic mass is 10.1. The minimum Gasteiger partial charge on any atom is -0.487 e. The number of hydrogen-bond donors (Lipinski definition) is 2. The van der Waals surface area contributed by atoms with Crippen molar-refractivity contribution in [2.75, 3.05) is 23.7 Å². The number of amides is 2. The Morgan fingerprint density at radius 1 is 1.10 bits per heavy atom. The van der Waals surface area contributed by atoms with Gasteiger partial charge in [0.1, 0.15) is 22.5 Å². The first-order valence-electron chi connectivity index (χ1n) is 12.6. The minimum atomic E-state index is -4.63. The van der Waals surface area contributed by atoms with E-state index in [0.717, 1.165) is 23.8 Å². The summed E-state index contributed by atoms with van der Waals surface area (Å²) in [6.07, 6.45) is -2.97. The van der Waals surface area contributed by atoms with Crippen LogP contribution >= 0.6 is 11.5 Å². The molecule has 0 bridgehead atoms. The van der Waals surface area contributed by atoms with E-state index in [0.29, 0.717) is 37.8 Å². The van der Waals surface area contributed by atoms with Crippen LogP contribution in [0.2, 0.25) is 0 Å². The maximum Gasteiger partial charge on any atom is 0.434 e. The van der Waals surface area contributed by atoms with Crippen LogP contribution in [0.3, 0.4) is 0 Å². The lowest BCUT2D eigenvalue weighted by molar-refractivity contribution is -0.141. The van der Waals surface area contributed by atoms with Crippen molar-refractivity contribution in [1.82, 2.24) is 19.2 Å². The zero-order valence-corrected chi connectivity index (χ0v) is 23.5. The van der Waals surface area contributed by atoms with Gasteiger partial charge in [-0.05, 0) is 51.4 Å². The van der Waals surface area contributed by atoms with Crippen LogP contribution in [-0.4, -0.2) is 56.0 Å². The van der Waals surface area contributed by atoms with Gasteiger partial charge < -0.3 is 25.0 Å². The van der Waals surface area contributed by atoms with Crippen molar-refractivity contribution in [3.63, 3.8) is 0 Å². The first kappa shape index (κ1) is 30.0. The molecule has 3 aromatic rings. The summed E-state index contributed by atoms with van der Waals surface area (Å²) < 4.78 is 68.3. The van der Waals surface area contributed by atoms with Gasteiger partial charge in [-0.15, -0.1) is 0 Å². The van der Waals surface area contributed by atoms with Crippen LogP contribution in [0.1, 0.15) is 55.4 Å². The van der Waals surface area contributed by atoms with Gasteiger partial charge in [-0.25, -0.2) is 19.2 Å². The molecule has 1 aromatic carbocycles. The second-order valence-electron chi connectivity index (χ2n) is 10.3. The van der Waals surface area contributed by atoms with Crippen molar-refractivity contribution in [3.8, 4) is 5.75 Å². The summed E-state index contributed by atoms with van der Waals surface area (Å²) >= 11 is 0.920. The number of carbonyl (C=O) groups is 2. The molecular formula is C26H28F4N6O4S. The van der Waals surface area contributed by atoms with Crippen molar-refractivity contribution in [2.45, 2.75) is 58.4 Å². The number of nitrogens with zero attached hydrogens (tertiary/aromatic N) is 4. The molecule has 15 heteroatoms. The summed E-state index contributed by atoms with van der Waals surface area (Å²) in [6.45, 7) is 7.74. The quantitative estimate of drug-likeness (QED) is 0.324. The standard InChI is InChI=1S/C26H28F4N6O4S/c1-14-21(23(41-35-14)34-20-13-31-19(12-32-20)26(28,29)30)22(37)33-15-5-6-17(27)18(11-15)39-16-7-9-36(10-8-16)24(38)40-25(2,3)4/h5-6,11-13,16H,7-10H2,1-4H3,(H,32,34)(H,33,37). The summed E-state index contributed by atoms with van der Waals surface area (Å²) in [5.74, 6) is -1.26. The highest BCUT2D eigenvalue weighted by molar-refractivity contribution is 7.10. The molecule has 2 aromatic heterocycles. The Morgan fingerprint density at radius 2 is 1.80 bits per heavy atom. The summed E-state index contributed by atoms with van der Waals surface area (Å²) in [4.78, 5) is 34.0. The van der Waals surface area contributed by atoms with Gasteiger partial charge in [-0.1, -0.05) is 0 Å². The topological polar surface area (TPSA) is 119 Å². The average molecular weight is 597 g/mol. The van der Waals surface area contributed by atoms with Crippen molar-refractivity contribution < 1.29 is 36.6 Å². The van der Waals surface area contributed by atoms with Gasteiger partial charge in [0, 0.05) is 37.7 Å². The first-order valence-corrected chi connectivity index (χ1v) is 13.3. The minimum absolute atomic E-state index is 0.00844. The average Bonchev–Trinajstić information content (AvgIpc) is 3.25. The number of carbonyl (C=O) groups excluding carboxylic acids is 2. The summed E-state index contributed by atoms with van der Waals surface area (Å²) in [5, 5.41) is 5.69. The Kier molecular flexibility index (Phi) is 8.66. The highest BCUT2D eigenvalue weighted by Crippen LogP contribution is 2.31. The van der Waals surface area contributed by atoms with E-state index in [9.17, 15) is 27.2 Å². The van der Waals surface area contributed by atoms with Crippen LogP contribution in [0.25, 0.3) is 0 Å². The molecule has 1 aliphatic rings. The molecule has 2 N–H and O–H groups in total. The van der Waals surface area contributed by atoms with Crippen LogP contribution < -0.4 is 15.4 Å². The molecule has 41 heavy (non-hydrogen) atoms. The van der Waals surface area contributed by atoms with Gasteiger partial charge >= 0.3 is 12.3 Å². The number of alkyl halides is 3. The monoisotopic (exact) mass is 596 g/mol. The maximum atomic E-state index is 14.6. The number of nitrogens with one attached hydrogen (secondary N) is 2. The third kappa shape index (κ3) is 7.80. The number of ether oxygens (including phenoxy) is 2. The lowest BCUT2D eigenvalue weighted by Crippen LogP contribution is -2.44. The lowest BCUT2D eigenvalue weighted by Gasteiger charge is -2.33. The molecule has 1 aliphatic heterocycles. The summed E-state index contributed by atoms with van der Waals surface area (Å²) in [7, 11) is 0. The second kappa shape index (κ2) is 11.8. The van der Waals surface area contributed by atoms with Crippen molar-refractivity contribution in [3.05, 3.63) is 53.4 Å². The predicted octanol–water partition coefficient (Wildman–Crippen LogP) is 6.17. The van der Waals surface area contributed by atoms with Crippen molar-refractivity contribution in [2.24, 2.45) is 0 Å². The van der Waals surface area contributed by atoms with Gasteiger partial charge in [-0.3, -0.25) is 4.79 Å². The first-order chi connectivity index (χ1) is 19.2. The smallest absolute Gasteiger partial charge is 0.434 e. The van der Waals surface area contributed by atoms with Gasteiger partial charge in [0.05, 0.1) is 23.7 Å². The third-order valence-corrected chi connectivity index (χ3v) is 6.70. The van der Waals surface area contributed by atoms with Crippen LogP contribution in [0.15, 0.2) is 30.6 Å². The molecule has 0 aliphatic carbocycles. The Labute approximate surface area is 237 Å². The highest BCUT2D eigenvalue weighted by atomic mass is 32.1. The number of rotatable bonds is 6. The van der Waals surface area contributed by atoms with E-state index in [4.69, 9.17) is 9.47 Å². The van der Waals surface area contributed by atoms with E-state index in [1.165, 1.54) is 12.1 Å². The molecule has 3 heterocycles. The molecule has 0 unspecified atom stereocenters. The van der Waals surface area contributed by atoms with E-state index in [2.05, 4.69) is 25.0 Å². The molecule has 1 fully saturated rings. The molecule has 0 radical (unpaired) electrons. The number of benzene rings is 1. The third-order valence-electron chi connectivity index (χ3n) is 5.85. The SMILES string of the molecule is Cc1nsc(Nc2cnc(C(F)(F)F)cn2)c1C(=O)Nc1ccc(F)c(OC2CCN(C(=O)OC(C)(C)C)CC2)c1. The van der Waals surface area contributed by atoms with E-state index in [-0.39, 0.29) is 33.9 Å². The van der Waals surface area contributed by atoms with Crippen LogP contribution in [-0.2, 0) is 10.9 Å². The van der Waals surface area contributed by atoms with Crippen molar-refractivity contribution in [1.29, 1.82) is 0 Å². The molecule has 0 saturated carbocycles. The molecule has 0 atom stereocenters. The van der Waals surface area contributed by atoms with E-state index < -0.39 is 35.3 Å². The largest absolute Gasteiger partial charge is 0.487 e. The number of halogens is 4. The van der Waals surface area contributed by atoms with Gasteiger partial charge in [0.25, 0.3) is 5.91 Å². The molecule has 10 nitrogen and oxygen atoms in total. The normalized spacial score (nSPS) is 14.5. The molecular weight excluding hydrogens is 568 g/mol. The van der Waals surface area contributed by atoms with Crippen LogP contribution in [0.4, 0.5) is 38.9 Å². The molecule has 4 rings (SSSR count). The molecule has 0 spiro atoms. The van der Waals surface area contributed by atoms with Gasteiger partial charge in [-0.2, -0.15) is 17.5 Å². The van der Waals surface area contributed by atoms with Gasteiger partial charge in [0.15, 0.2) is 17.3 Å². The molecule has 2 amide bonds. The predicted molar refractivity (Wildman–Crippen MR) is 143 cm³/mol. The maximum absolute atomic E-state index is 14.6. The number of aromatic nitrogens is 3. The van der Waals surface area contributed by atoms with Gasteiger partial charge in [0.2, 0.25) is 0 Å². The van der Waals surface area contributed by atoms with Crippen molar-refractivity contribution >= 4 is 40.0 Å². The summed E-state index contributed by atoms with van der Waals surface area (Å²) in [5.41, 5.74) is -1.00. The number of anilines is 3. The Bertz CT molecular complexity index is 1400. The highest BCUT2D eigenvalue weighted by Gasteiger charge is 2.33. The number of piperidine rings is 1. The van der Waals surface area contributed by atoms with Crippen LogP contribution in [0, 0.1) is 12.7 Å². The van der Waals surface area contributed by atoms with Crippen LogP contribution in [0.5, 0.6) is 5.75 Å². The number of hydrogen-bond acceptors (Lipinski definition) is 9.